The highest BCUT2D eigenvalue weighted by Gasteiger charge is 2.38. The number of imidazole rings is 2. The van der Waals surface area contributed by atoms with Gasteiger partial charge < -0.3 is 9.67 Å². The summed E-state index contributed by atoms with van der Waals surface area (Å²) in [6.45, 7) is 4.96. The highest BCUT2D eigenvalue weighted by atomic mass is 35.5. The van der Waals surface area contributed by atoms with Crippen LogP contribution in [0.2, 0.25) is 5.02 Å². The molecule has 0 amide bonds. The molecule has 3 rings (SSSR count). The molecule has 1 N–H and O–H groups in total. The molecule has 2 aromatic heterocycles. The van der Waals surface area contributed by atoms with Crippen molar-refractivity contribution in [3.05, 3.63) is 59.4 Å². The summed E-state index contributed by atoms with van der Waals surface area (Å²) < 4.78 is 36.0. The van der Waals surface area contributed by atoms with Crippen molar-refractivity contribution in [3.8, 4) is 5.69 Å². The number of hydrogen-bond donors (Lipinski definition) is 1. The van der Waals surface area contributed by atoms with E-state index in [1.165, 1.54) is 0 Å². The van der Waals surface area contributed by atoms with Gasteiger partial charge in [0.2, 0.25) is 0 Å². The monoisotopic (exact) mass is 446 g/mol. The Morgan fingerprint density at radius 3 is 2.45 bits per heavy atom. The molecule has 0 saturated heterocycles. The number of benzene rings is 1. The number of alkyl halides is 3. The van der Waals surface area contributed by atoms with Crippen LogP contribution in [-0.2, 0) is 11.3 Å². The summed E-state index contributed by atoms with van der Waals surface area (Å²) in [5.41, 5.74) is 2.14. The second-order valence-electron chi connectivity index (χ2n) is 5.78. The van der Waals surface area contributed by atoms with Gasteiger partial charge in [0.25, 0.3) is 0 Å². The second-order valence-corrected chi connectivity index (χ2v) is 7.25. The Morgan fingerprint density at radius 2 is 1.86 bits per heavy atom. The molecule has 0 unspecified atom stereocenters. The lowest BCUT2D eigenvalue weighted by atomic mass is 10.2. The van der Waals surface area contributed by atoms with Crippen LogP contribution in [0.25, 0.3) is 5.69 Å². The summed E-state index contributed by atoms with van der Waals surface area (Å²) in [5.74, 6) is -0.782. The van der Waals surface area contributed by atoms with E-state index in [2.05, 4.69) is 25.2 Å². The van der Waals surface area contributed by atoms with E-state index in [9.17, 15) is 13.2 Å². The Labute approximate surface area is 174 Å². The highest BCUT2D eigenvalue weighted by Crippen LogP contribution is 2.26. The molecule has 6 nitrogen and oxygen atoms in total. The fourth-order valence-corrected chi connectivity index (χ4v) is 3.39. The fraction of sp³-hybridized carbons (Fsp3) is 0.278. The van der Waals surface area contributed by atoms with Crippen molar-refractivity contribution in [1.82, 2.24) is 19.1 Å². The van der Waals surface area contributed by atoms with Gasteiger partial charge in [0.15, 0.2) is 5.16 Å². The molecule has 0 bridgehead atoms. The van der Waals surface area contributed by atoms with Gasteiger partial charge in [0.05, 0.1) is 5.69 Å². The SMILES string of the molecule is Cc1c(Cl)cccc1-n1ccnc1SCCn1ccnc1C.O=C(O)C(F)(F)F. The zero-order chi connectivity index (χ0) is 21.6. The molecular formula is C18H18ClF3N4O2S. The Balaban J connectivity index is 0.000000370. The largest absolute Gasteiger partial charge is 0.490 e. The van der Waals surface area contributed by atoms with Crippen molar-refractivity contribution in [2.75, 3.05) is 5.75 Å². The van der Waals surface area contributed by atoms with Gasteiger partial charge in [-0.25, -0.2) is 14.8 Å². The minimum Gasteiger partial charge on any atom is -0.475 e. The van der Waals surface area contributed by atoms with E-state index in [4.69, 9.17) is 21.5 Å². The number of rotatable bonds is 5. The first-order valence-electron chi connectivity index (χ1n) is 8.30. The molecule has 3 aromatic rings. The standard InChI is InChI=1S/C16H17ClN4S.C2HF3O2/c1-12-14(17)4-3-5-15(12)21-9-7-19-16(21)22-11-10-20-8-6-18-13(20)2;3-2(4,5)1(6)7/h3-9H,10-11H2,1-2H3;(H,6,7). The molecule has 29 heavy (non-hydrogen) atoms. The summed E-state index contributed by atoms with van der Waals surface area (Å²) in [4.78, 5) is 17.6. The van der Waals surface area contributed by atoms with Gasteiger partial charge in [-0.05, 0) is 31.5 Å². The number of thioether (sulfide) groups is 1. The van der Waals surface area contributed by atoms with Crippen LogP contribution in [0.15, 0.2) is 48.1 Å². The lowest BCUT2D eigenvalue weighted by Gasteiger charge is -2.11. The van der Waals surface area contributed by atoms with Crippen LogP contribution in [0.4, 0.5) is 13.2 Å². The molecule has 0 fully saturated rings. The van der Waals surface area contributed by atoms with Crippen molar-refractivity contribution in [2.45, 2.75) is 31.7 Å². The summed E-state index contributed by atoms with van der Waals surface area (Å²) in [7, 11) is 0. The fourth-order valence-electron chi connectivity index (χ4n) is 2.31. The minimum atomic E-state index is -5.08. The number of halogens is 4. The van der Waals surface area contributed by atoms with Crippen LogP contribution in [0.1, 0.15) is 11.4 Å². The van der Waals surface area contributed by atoms with Crippen molar-refractivity contribution >= 4 is 29.3 Å². The van der Waals surface area contributed by atoms with Gasteiger partial charge in [0, 0.05) is 42.1 Å². The topological polar surface area (TPSA) is 72.9 Å². The first kappa shape index (κ1) is 22.8. The average molecular weight is 447 g/mol. The molecular weight excluding hydrogens is 429 g/mol. The summed E-state index contributed by atoms with van der Waals surface area (Å²) in [5, 5.41) is 8.87. The van der Waals surface area contributed by atoms with E-state index in [1.54, 1.807) is 11.8 Å². The van der Waals surface area contributed by atoms with Crippen LogP contribution in [0, 0.1) is 13.8 Å². The quantitative estimate of drug-likeness (QED) is 0.572. The molecule has 0 aliphatic carbocycles. The van der Waals surface area contributed by atoms with Crippen molar-refractivity contribution in [2.24, 2.45) is 0 Å². The van der Waals surface area contributed by atoms with Gasteiger partial charge in [-0.1, -0.05) is 29.4 Å². The van der Waals surface area contributed by atoms with E-state index in [0.717, 1.165) is 39.6 Å². The normalized spacial score (nSPS) is 11.1. The molecule has 0 aliphatic heterocycles. The Kier molecular flexibility index (Phi) is 7.74. The van der Waals surface area contributed by atoms with Gasteiger partial charge in [-0.3, -0.25) is 4.57 Å². The molecule has 1 aromatic carbocycles. The maximum atomic E-state index is 10.6. The van der Waals surface area contributed by atoms with E-state index < -0.39 is 12.1 Å². The number of aryl methyl sites for hydroxylation is 2. The molecule has 0 aliphatic rings. The number of hydrogen-bond acceptors (Lipinski definition) is 4. The van der Waals surface area contributed by atoms with E-state index >= 15 is 0 Å². The number of aromatic nitrogens is 4. The molecule has 156 valence electrons. The maximum Gasteiger partial charge on any atom is 0.490 e. The highest BCUT2D eigenvalue weighted by molar-refractivity contribution is 7.99. The third kappa shape index (κ3) is 6.26. The van der Waals surface area contributed by atoms with Crippen LogP contribution in [0.3, 0.4) is 0 Å². The van der Waals surface area contributed by atoms with Crippen LogP contribution in [-0.4, -0.2) is 42.1 Å². The number of aliphatic carboxylic acids is 1. The summed E-state index contributed by atoms with van der Waals surface area (Å²) >= 11 is 7.95. The average Bonchev–Trinajstić information content (AvgIpc) is 3.26. The predicted molar refractivity (Wildman–Crippen MR) is 105 cm³/mol. The zero-order valence-electron chi connectivity index (χ0n) is 15.5. The molecule has 11 heteroatoms. The van der Waals surface area contributed by atoms with Crippen molar-refractivity contribution in [3.63, 3.8) is 0 Å². The first-order valence-corrected chi connectivity index (χ1v) is 9.67. The molecule has 0 atom stereocenters. The van der Waals surface area contributed by atoms with Gasteiger partial charge in [0.1, 0.15) is 5.82 Å². The van der Waals surface area contributed by atoms with Gasteiger partial charge in [-0.15, -0.1) is 0 Å². The lowest BCUT2D eigenvalue weighted by molar-refractivity contribution is -0.192. The number of carbonyl (C=O) groups is 1. The van der Waals surface area contributed by atoms with Crippen molar-refractivity contribution in [1.29, 1.82) is 0 Å². The van der Waals surface area contributed by atoms with E-state index in [-0.39, 0.29) is 0 Å². The Hall–Kier alpha value is -2.46. The summed E-state index contributed by atoms with van der Waals surface area (Å²) in [6, 6.07) is 5.94. The molecule has 0 radical (unpaired) electrons. The zero-order valence-corrected chi connectivity index (χ0v) is 17.1. The lowest BCUT2D eigenvalue weighted by Crippen LogP contribution is -2.21. The van der Waals surface area contributed by atoms with Gasteiger partial charge in [-0.2, -0.15) is 13.2 Å². The van der Waals surface area contributed by atoms with E-state index in [1.807, 2.05) is 50.8 Å². The Bertz CT molecular complexity index is 972. The molecule has 0 spiro atoms. The van der Waals surface area contributed by atoms with Gasteiger partial charge >= 0.3 is 12.1 Å². The number of nitrogens with zero attached hydrogens (tertiary/aromatic N) is 4. The van der Waals surface area contributed by atoms with Crippen molar-refractivity contribution < 1.29 is 23.1 Å². The first-order chi connectivity index (χ1) is 13.6. The molecule has 2 heterocycles. The second kappa shape index (κ2) is 9.84. The molecule has 0 saturated carbocycles. The smallest absolute Gasteiger partial charge is 0.475 e. The number of carboxylic acid groups (broad SMARTS) is 1. The van der Waals surface area contributed by atoms with Crippen LogP contribution >= 0.6 is 23.4 Å². The van der Waals surface area contributed by atoms with Crippen LogP contribution in [0.5, 0.6) is 0 Å². The minimum absolute atomic E-state index is 0.774. The Morgan fingerprint density at radius 1 is 1.21 bits per heavy atom. The predicted octanol–water partition coefficient (Wildman–Crippen LogP) is 4.76. The summed E-state index contributed by atoms with van der Waals surface area (Å²) in [6.07, 6.45) is 2.55. The van der Waals surface area contributed by atoms with E-state index in [0.29, 0.717) is 0 Å². The third-order valence-electron chi connectivity index (χ3n) is 3.83. The maximum absolute atomic E-state index is 10.6. The third-order valence-corrected chi connectivity index (χ3v) is 5.19. The number of carboxylic acids is 1. The van der Waals surface area contributed by atoms with Crippen LogP contribution < -0.4 is 0 Å².